The zero-order valence-electron chi connectivity index (χ0n) is 14.1. The Morgan fingerprint density at radius 3 is 2.70 bits per heavy atom. The predicted octanol–water partition coefficient (Wildman–Crippen LogP) is 2.62. The molecule has 0 aliphatic heterocycles. The highest BCUT2D eigenvalue weighted by Crippen LogP contribution is 2.19. The van der Waals surface area contributed by atoms with Crippen LogP contribution in [-0.2, 0) is 24.9 Å². The average molecular weight is 310 g/mol. The van der Waals surface area contributed by atoms with E-state index in [1.807, 2.05) is 48.5 Å². The van der Waals surface area contributed by atoms with E-state index in [1.165, 1.54) is 10.9 Å². The Balaban J connectivity index is 1.70. The lowest BCUT2D eigenvalue weighted by atomic mass is 10.1. The molecule has 0 bridgehead atoms. The van der Waals surface area contributed by atoms with E-state index in [2.05, 4.69) is 29.5 Å². The van der Waals surface area contributed by atoms with Crippen LogP contribution < -0.4 is 5.32 Å². The Hall–Kier alpha value is -2.56. The molecule has 0 aliphatic carbocycles. The molecular weight excluding hydrogens is 288 g/mol. The van der Waals surface area contributed by atoms with Crippen LogP contribution in [0.3, 0.4) is 0 Å². The molecule has 120 valence electrons. The summed E-state index contributed by atoms with van der Waals surface area (Å²) in [5, 5.41) is 8.57. The fourth-order valence-electron chi connectivity index (χ4n) is 2.99. The van der Waals surface area contributed by atoms with Crippen molar-refractivity contribution in [1.82, 2.24) is 19.7 Å². The number of benzene rings is 1. The van der Waals surface area contributed by atoms with Crippen LogP contribution >= 0.6 is 0 Å². The van der Waals surface area contributed by atoms with Gasteiger partial charge in [0, 0.05) is 41.9 Å². The first-order valence-electron chi connectivity index (χ1n) is 7.77. The first-order chi connectivity index (χ1) is 11.0. The summed E-state index contributed by atoms with van der Waals surface area (Å²) in [5.74, 6) is 0.00617. The van der Waals surface area contributed by atoms with E-state index in [1.54, 1.807) is 0 Å². The number of aromatic nitrogens is 3. The second kappa shape index (κ2) is 5.91. The van der Waals surface area contributed by atoms with E-state index in [0.717, 1.165) is 22.5 Å². The molecule has 0 saturated carbocycles. The van der Waals surface area contributed by atoms with Crippen LogP contribution in [0.25, 0.3) is 10.9 Å². The minimum absolute atomic E-state index is 0.00617. The summed E-state index contributed by atoms with van der Waals surface area (Å²) in [6, 6.07) is 8.22. The van der Waals surface area contributed by atoms with Crippen molar-refractivity contribution in [2.24, 2.45) is 7.05 Å². The molecule has 0 aliphatic rings. The van der Waals surface area contributed by atoms with Crippen LogP contribution in [0.4, 0.5) is 0 Å². The molecule has 3 aromatic rings. The highest BCUT2D eigenvalue weighted by Gasteiger charge is 2.11. The van der Waals surface area contributed by atoms with Gasteiger partial charge >= 0.3 is 0 Å². The number of carbonyl (C=O) groups is 1. The number of carbonyl (C=O) groups excluding carboxylic acids is 1. The molecule has 5 nitrogen and oxygen atoms in total. The van der Waals surface area contributed by atoms with Gasteiger partial charge in [0.15, 0.2) is 0 Å². The third-order valence-electron chi connectivity index (χ3n) is 4.47. The molecule has 2 aromatic heterocycles. The molecule has 23 heavy (non-hydrogen) atoms. The molecule has 0 unspecified atom stereocenters. The molecule has 3 rings (SSSR count). The Labute approximate surface area is 135 Å². The van der Waals surface area contributed by atoms with E-state index >= 15 is 0 Å². The van der Waals surface area contributed by atoms with Gasteiger partial charge in [-0.3, -0.25) is 9.48 Å². The summed E-state index contributed by atoms with van der Waals surface area (Å²) in [7, 11) is 1.92. The van der Waals surface area contributed by atoms with Gasteiger partial charge in [-0.15, -0.1) is 0 Å². The molecule has 0 fully saturated rings. The van der Waals surface area contributed by atoms with E-state index in [0.29, 0.717) is 13.1 Å². The Kier molecular flexibility index (Phi) is 3.94. The zero-order chi connectivity index (χ0) is 16.6. The van der Waals surface area contributed by atoms with Gasteiger partial charge < -0.3 is 9.88 Å². The van der Waals surface area contributed by atoms with Crippen LogP contribution in [0.15, 0.2) is 30.5 Å². The fourth-order valence-corrected chi connectivity index (χ4v) is 2.99. The summed E-state index contributed by atoms with van der Waals surface area (Å²) < 4.78 is 3.83. The molecular formula is C18H22N4O. The molecule has 0 atom stereocenters. The Bertz CT molecular complexity index is 873. The van der Waals surface area contributed by atoms with Crippen LogP contribution in [0.2, 0.25) is 0 Å². The minimum Gasteiger partial charge on any atom is -0.350 e. The van der Waals surface area contributed by atoms with Crippen molar-refractivity contribution in [3.63, 3.8) is 0 Å². The van der Waals surface area contributed by atoms with Gasteiger partial charge in [-0.25, -0.2) is 0 Å². The van der Waals surface area contributed by atoms with Gasteiger partial charge in [-0.1, -0.05) is 12.1 Å². The van der Waals surface area contributed by atoms with E-state index in [-0.39, 0.29) is 5.91 Å². The summed E-state index contributed by atoms with van der Waals surface area (Å²) >= 11 is 0. The van der Waals surface area contributed by atoms with Crippen molar-refractivity contribution in [1.29, 1.82) is 0 Å². The van der Waals surface area contributed by atoms with Crippen molar-refractivity contribution in [2.45, 2.75) is 33.9 Å². The highest BCUT2D eigenvalue weighted by molar-refractivity contribution is 5.85. The summed E-state index contributed by atoms with van der Waals surface area (Å²) in [6.07, 6.45) is 1.97. The lowest BCUT2D eigenvalue weighted by molar-refractivity contribution is -0.121. The van der Waals surface area contributed by atoms with Gasteiger partial charge in [-0.2, -0.15) is 5.10 Å². The molecule has 2 heterocycles. The summed E-state index contributed by atoms with van der Waals surface area (Å²) in [5.41, 5.74) is 5.46. The number of hydrogen-bond acceptors (Lipinski definition) is 2. The first-order valence-corrected chi connectivity index (χ1v) is 7.77. The van der Waals surface area contributed by atoms with Crippen molar-refractivity contribution in [3.05, 3.63) is 53.0 Å². The van der Waals surface area contributed by atoms with Crippen LogP contribution in [0.1, 0.15) is 22.5 Å². The number of hydrogen-bond donors (Lipinski definition) is 1. The van der Waals surface area contributed by atoms with Gasteiger partial charge in [0.2, 0.25) is 5.91 Å². The molecule has 1 amide bonds. The predicted molar refractivity (Wildman–Crippen MR) is 91.2 cm³/mol. The summed E-state index contributed by atoms with van der Waals surface area (Å²) in [4.78, 5) is 12.3. The van der Waals surface area contributed by atoms with Crippen molar-refractivity contribution >= 4 is 16.8 Å². The van der Waals surface area contributed by atoms with Crippen LogP contribution in [-0.4, -0.2) is 20.3 Å². The quantitative estimate of drug-likeness (QED) is 0.805. The van der Waals surface area contributed by atoms with Crippen molar-refractivity contribution in [2.75, 3.05) is 0 Å². The smallest absolute Gasteiger partial charge is 0.240 e. The molecule has 0 spiro atoms. The van der Waals surface area contributed by atoms with Gasteiger partial charge in [0.1, 0.15) is 6.54 Å². The van der Waals surface area contributed by atoms with E-state index in [4.69, 9.17) is 0 Å². The van der Waals surface area contributed by atoms with Gasteiger partial charge in [-0.05, 0) is 38.5 Å². The topological polar surface area (TPSA) is 51.9 Å². The van der Waals surface area contributed by atoms with Crippen molar-refractivity contribution in [3.8, 4) is 0 Å². The van der Waals surface area contributed by atoms with Crippen LogP contribution in [0.5, 0.6) is 0 Å². The van der Waals surface area contributed by atoms with Crippen LogP contribution in [0, 0.1) is 20.8 Å². The number of aryl methyl sites for hydroxylation is 3. The average Bonchev–Trinajstić information content (AvgIpc) is 3.01. The van der Waals surface area contributed by atoms with Crippen molar-refractivity contribution < 1.29 is 4.79 Å². The lowest BCUT2D eigenvalue weighted by Crippen LogP contribution is -2.27. The Morgan fingerprint density at radius 2 is 2.00 bits per heavy atom. The monoisotopic (exact) mass is 310 g/mol. The Morgan fingerprint density at radius 1 is 1.22 bits per heavy atom. The molecule has 1 N–H and O–H groups in total. The molecule has 0 radical (unpaired) electrons. The normalized spacial score (nSPS) is 11.1. The first kappa shape index (κ1) is 15.3. The third kappa shape index (κ3) is 2.86. The number of fused-ring (bicyclic) bond motifs is 1. The second-order valence-electron chi connectivity index (χ2n) is 6.00. The SMILES string of the molecule is Cc1nn(C)c(C)c1CNC(=O)Cn1ccc2c(C)cccc21. The number of amides is 1. The third-order valence-corrected chi connectivity index (χ3v) is 4.47. The van der Waals surface area contributed by atoms with E-state index < -0.39 is 0 Å². The zero-order valence-corrected chi connectivity index (χ0v) is 14.1. The summed E-state index contributed by atoms with van der Waals surface area (Å²) in [6.45, 7) is 6.91. The van der Waals surface area contributed by atoms with E-state index in [9.17, 15) is 4.79 Å². The maximum atomic E-state index is 12.3. The lowest BCUT2D eigenvalue weighted by Gasteiger charge is -2.08. The minimum atomic E-state index is 0.00617. The fraction of sp³-hybridized carbons (Fsp3) is 0.333. The molecule has 0 saturated heterocycles. The molecule has 1 aromatic carbocycles. The second-order valence-corrected chi connectivity index (χ2v) is 6.00. The number of rotatable bonds is 4. The number of nitrogens with zero attached hydrogens (tertiary/aromatic N) is 3. The highest BCUT2D eigenvalue weighted by atomic mass is 16.1. The molecule has 5 heteroatoms. The largest absolute Gasteiger partial charge is 0.350 e. The van der Waals surface area contributed by atoms with Gasteiger partial charge in [0.25, 0.3) is 0 Å². The standard InChI is InChI=1S/C18H22N4O/c1-12-6-5-7-17-15(12)8-9-22(17)11-18(23)19-10-16-13(2)20-21(4)14(16)3/h5-9H,10-11H2,1-4H3,(H,19,23). The maximum Gasteiger partial charge on any atom is 0.240 e. The van der Waals surface area contributed by atoms with Gasteiger partial charge in [0.05, 0.1) is 5.69 Å². The number of nitrogens with one attached hydrogen (secondary N) is 1. The maximum absolute atomic E-state index is 12.3.